The zero-order valence-corrected chi connectivity index (χ0v) is 10.9. The van der Waals surface area contributed by atoms with Crippen molar-refractivity contribution in [2.24, 2.45) is 11.7 Å². The van der Waals surface area contributed by atoms with E-state index >= 15 is 0 Å². The molecule has 18 heavy (non-hydrogen) atoms. The Hall–Kier alpha value is -1.77. The van der Waals surface area contributed by atoms with Crippen LogP contribution in [-0.4, -0.2) is 10.9 Å². The van der Waals surface area contributed by atoms with Crippen molar-refractivity contribution in [3.63, 3.8) is 0 Å². The lowest BCUT2D eigenvalue weighted by Crippen LogP contribution is -2.16. The first-order valence-corrected chi connectivity index (χ1v) is 6.42. The third-order valence-electron chi connectivity index (χ3n) is 3.26. The predicted octanol–water partition coefficient (Wildman–Crippen LogP) is 3.17. The molecule has 0 unspecified atom stereocenters. The normalized spacial score (nSPS) is 13.1. The Balaban J connectivity index is 2.37. The van der Waals surface area contributed by atoms with Crippen LogP contribution in [0.2, 0.25) is 0 Å². The summed E-state index contributed by atoms with van der Waals surface area (Å²) in [6, 6.07) is 8.18. The summed E-state index contributed by atoms with van der Waals surface area (Å²) in [7, 11) is 0. The monoisotopic (exact) mass is 244 g/mol. The third-order valence-corrected chi connectivity index (χ3v) is 3.26. The van der Waals surface area contributed by atoms with Crippen LogP contribution in [0.15, 0.2) is 30.5 Å². The van der Waals surface area contributed by atoms with Crippen LogP contribution in [0.25, 0.3) is 10.9 Å². The average molecular weight is 244 g/mol. The van der Waals surface area contributed by atoms with Crippen molar-refractivity contribution in [3.05, 3.63) is 36.0 Å². The molecule has 0 aliphatic heterocycles. The van der Waals surface area contributed by atoms with Crippen molar-refractivity contribution in [1.29, 1.82) is 0 Å². The summed E-state index contributed by atoms with van der Waals surface area (Å²) in [5.41, 5.74) is 7.69. The van der Waals surface area contributed by atoms with E-state index in [1.807, 2.05) is 18.3 Å². The van der Waals surface area contributed by atoms with Gasteiger partial charge >= 0.3 is 0 Å². The average Bonchev–Trinajstić information content (AvgIpc) is 2.70. The van der Waals surface area contributed by atoms with E-state index in [1.165, 1.54) is 10.9 Å². The van der Waals surface area contributed by atoms with E-state index in [0.717, 1.165) is 11.9 Å². The van der Waals surface area contributed by atoms with Crippen molar-refractivity contribution in [1.82, 2.24) is 4.98 Å². The summed E-state index contributed by atoms with van der Waals surface area (Å²) < 4.78 is 0. The van der Waals surface area contributed by atoms with E-state index in [0.29, 0.717) is 12.3 Å². The molecule has 1 aromatic carbocycles. The van der Waals surface area contributed by atoms with E-state index < -0.39 is 0 Å². The molecule has 0 saturated heterocycles. The molecule has 1 heterocycles. The fraction of sp³-hybridized carbons (Fsp3) is 0.400. The lowest BCUT2D eigenvalue weighted by atomic mass is 9.87. The maximum Gasteiger partial charge on any atom is 0.218 e. The molecule has 2 aromatic rings. The summed E-state index contributed by atoms with van der Waals surface area (Å²) in [6.07, 6.45) is 3.41. The number of nitrogens with one attached hydrogen (secondary N) is 1. The number of H-pyrrole nitrogens is 1. The fourth-order valence-corrected chi connectivity index (χ4v) is 2.56. The molecule has 3 nitrogen and oxygen atoms in total. The van der Waals surface area contributed by atoms with Gasteiger partial charge in [0.25, 0.3) is 0 Å². The number of para-hydroxylation sites is 1. The first-order chi connectivity index (χ1) is 8.58. The van der Waals surface area contributed by atoms with E-state index in [9.17, 15) is 4.79 Å². The van der Waals surface area contributed by atoms with E-state index in [4.69, 9.17) is 5.73 Å². The summed E-state index contributed by atoms with van der Waals surface area (Å²) in [5, 5.41) is 1.20. The number of nitrogens with two attached hydrogens (primary N) is 1. The molecular weight excluding hydrogens is 224 g/mol. The van der Waals surface area contributed by atoms with E-state index in [2.05, 4.69) is 31.0 Å². The molecular formula is C15H20N2O. The summed E-state index contributed by atoms with van der Waals surface area (Å²) >= 11 is 0. The number of amides is 1. The largest absolute Gasteiger partial charge is 0.370 e. The zero-order valence-electron chi connectivity index (χ0n) is 10.9. The fourth-order valence-electron chi connectivity index (χ4n) is 2.56. The van der Waals surface area contributed by atoms with Crippen LogP contribution in [0.4, 0.5) is 0 Å². The number of fused-ring (bicyclic) bond motifs is 1. The Labute approximate surface area is 107 Å². The number of aromatic nitrogens is 1. The molecule has 0 aliphatic carbocycles. The highest BCUT2D eigenvalue weighted by molar-refractivity contribution is 5.84. The molecule has 0 fully saturated rings. The molecule has 96 valence electrons. The minimum absolute atomic E-state index is 0.207. The Kier molecular flexibility index (Phi) is 3.70. The first-order valence-electron chi connectivity index (χ1n) is 6.42. The van der Waals surface area contributed by atoms with Gasteiger partial charge < -0.3 is 10.7 Å². The van der Waals surface area contributed by atoms with Gasteiger partial charge in [0.2, 0.25) is 5.91 Å². The highest BCUT2D eigenvalue weighted by Gasteiger charge is 2.19. The standard InChI is InChI=1S/C15H20N2O/c1-10(2)7-11(8-15(16)18)13-9-17-14-6-4-3-5-12(13)14/h3-6,9-11,17H,7-8H2,1-2H3,(H2,16,18)/t11-/m1/s1. The van der Waals surface area contributed by atoms with Gasteiger partial charge in [-0.3, -0.25) is 4.79 Å². The topological polar surface area (TPSA) is 58.9 Å². The number of rotatable bonds is 5. The maximum absolute atomic E-state index is 11.2. The summed E-state index contributed by atoms with van der Waals surface area (Å²) in [4.78, 5) is 14.5. The Bertz CT molecular complexity index is 542. The van der Waals surface area contributed by atoms with Gasteiger partial charge in [-0.1, -0.05) is 32.0 Å². The SMILES string of the molecule is CC(C)C[C@H](CC(N)=O)c1c[nH]c2ccccc12. The minimum atomic E-state index is -0.231. The molecule has 0 aliphatic rings. The molecule has 1 atom stereocenters. The van der Waals surface area contributed by atoms with Crippen LogP contribution in [0.5, 0.6) is 0 Å². The van der Waals surface area contributed by atoms with Crippen LogP contribution in [0.1, 0.15) is 38.2 Å². The number of carbonyl (C=O) groups is 1. The molecule has 0 bridgehead atoms. The minimum Gasteiger partial charge on any atom is -0.370 e. The quantitative estimate of drug-likeness (QED) is 0.833. The second-order valence-corrected chi connectivity index (χ2v) is 5.29. The van der Waals surface area contributed by atoms with Crippen LogP contribution >= 0.6 is 0 Å². The molecule has 3 N–H and O–H groups in total. The highest BCUT2D eigenvalue weighted by Crippen LogP contribution is 2.32. The van der Waals surface area contributed by atoms with Crippen LogP contribution in [0.3, 0.4) is 0 Å². The smallest absolute Gasteiger partial charge is 0.218 e. The molecule has 1 amide bonds. The summed E-state index contributed by atoms with van der Waals surface area (Å²) in [5.74, 6) is 0.521. The van der Waals surface area contributed by atoms with Gasteiger partial charge in [0.15, 0.2) is 0 Å². The van der Waals surface area contributed by atoms with Crippen LogP contribution in [-0.2, 0) is 4.79 Å². The van der Waals surface area contributed by atoms with E-state index in [1.54, 1.807) is 0 Å². The number of primary amides is 1. The molecule has 2 rings (SSSR count). The Morgan fingerprint density at radius 2 is 2.06 bits per heavy atom. The van der Waals surface area contributed by atoms with Gasteiger partial charge in [0, 0.05) is 23.5 Å². The van der Waals surface area contributed by atoms with Gasteiger partial charge in [-0.25, -0.2) is 0 Å². The number of carbonyl (C=O) groups excluding carboxylic acids is 1. The number of benzene rings is 1. The Morgan fingerprint density at radius 1 is 1.33 bits per heavy atom. The number of hydrogen-bond acceptors (Lipinski definition) is 1. The van der Waals surface area contributed by atoms with Gasteiger partial charge in [-0.2, -0.15) is 0 Å². The lowest BCUT2D eigenvalue weighted by Gasteiger charge is -2.17. The second-order valence-electron chi connectivity index (χ2n) is 5.29. The van der Waals surface area contributed by atoms with Crippen molar-refractivity contribution >= 4 is 16.8 Å². The molecule has 0 saturated carbocycles. The first kappa shape index (κ1) is 12.7. The lowest BCUT2D eigenvalue weighted by molar-refractivity contribution is -0.118. The molecule has 0 spiro atoms. The van der Waals surface area contributed by atoms with Crippen molar-refractivity contribution in [2.45, 2.75) is 32.6 Å². The third kappa shape index (κ3) is 2.73. The second kappa shape index (κ2) is 5.25. The number of aromatic amines is 1. The van der Waals surface area contributed by atoms with Crippen molar-refractivity contribution < 1.29 is 4.79 Å². The molecule has 3 heteroatoms. The van der Waals surface area contributed by atoms with Gasteiger partial charge in [0.05, 0.1) is 0 Å². The van der Waals surface area contributed by atoms with E-state index in [-0.39, 0.29) is 11.8 Å². The predicted molar refractivity (Wildman–Crippen MR) is 74.3 cm³/mol. The zero-order chi connectivity index (χ0) is 13.1. The maximum atomic E-state index is 11.2. The number of hydrogen-bond donors (Lipinski definition) is 2. The van der Waals surface area contributed by atoms with Crippen molar-refractivity contribution in [2.75, 3.05) is 0 Å². The van der Waals surface area contributed by atoms with Crippen LogP contribution in [0, 0.1) is 5.92 Å². The Morgan fingerprint density at radius 3 is 2.72 bits per heavy atom. The van der Waals surface area contributed by atoms with Crippen molar-refractivity contribution in [3.8, 4) is 0 Å². The van der Waals surface area contributed by atoms with Gasteiger partial charge in [-0.05, 0) is 29.9 Å². The van der Waals surface area contributed by atoms with Crippen LogP contribution < -0.4 is 5.73 Å². The van der Waals surface area contributed by atoms with Gasteiger partial charge in [0.1, 0.15) is 0 Å². The molecule has 1 aromatic heterocycles. The van der Waals surface area contributed by atoms with Gasteiger partial charge in [-0.15, -0.1) is 0 Å². The molecule has 0 radical (unpaired) electrons. The summed E-state index contributed by atoms with van der Waals surface area (Å²) in [6.45, 7) is 4.34. The highest BCUT2D eigenvalue weighted by atomic mass is 16.1.